The molecule has 4 heterocycles. The van der Waals surface area contributed by atoms with Gasteiger partial charge in [0.25, 0.3) is 0 Å². The Labute approximate surface area is 199 Å². The number of anilines is 2. The first-order valence-corrected chi connectivity index (χ1v) is 12.1. The van der Waals surface area contributed by atoms with Gasteiger partial charge in [-0.2, -0.15) is 0 Å². The van der Waals surface area contributed by atoms with Crippen LogP contribution in [0.3, 0.4) is 0 Å². The Morgan fingerprint density at radius 3 is 2.62 bits per heavy atom. The van der Waals surface area contributed by atoms with E-state index in [4.69, 9.17) is 4.98 Å². The maximum atomic E-state index is 13.7. The number of benzene rings is 2. The average Bonchev–Trinajstić information content (AvgIpc) is 3.44. The lowest BCUT2D eigenvalue weighted by atomic mass is 9.89. The van der Waals surface area contributed by atoms with Gasteiger partial charge in [-0.15, -0.1) is 0 Å². The van der Waals surface area contributed by atoms with Gasteiger partial charge < -0.3 is 15.2 Å². The molecule has 0 bridgehead atoms. The molecule has 2 aromatic carbocycles. The molecule has 6 nitrogen and oxygen atoms in total. The fourth-order valence-electron chi connectivity index (χ4n) is 5.51. The van der Waals surface area contributed by atoms with E-state index in [1.807, 2.05) is 24.5 Å². The van der Waals surface area contributed by atoms with Crippen molar-refractivity contribution in [2.75, 3.05) is 36.4 Å². The van der Waals surface area contributed by atoms with Crippen LogP contribution in [0.25, 0.3) is 10.8 Å². The second-order valence-corrected chi connectivity index (χ2v) is 9.22. The van der Waals surface area contributed by atoms with E-state index in [9.17, 15) is 4.79 Å². The third-order valence-corrected chi connectivity index (χ3v) is 7.26. The van der Waals surface area contributed by atoms with Crippen molar-refractivity contribution < 1.29 is 4.79 Å². The highest BCUT2D eigenvalue weighted by atomic mass is 16.1. The largest absolute Gasteiger partial charge is 0.380 e. The molecule has 4 aromatic rings. The number of para-hydroxylation sites is 1. The van der Waals surface area contributed by atoms with Gasteiger partial charge in [-0.1, -0.05) is 42.5 Å². The number of pyridine rings is 1. The first kappa shape index (κ1) is 20.9. The molecule has 0 radical (unpaired) electrons. The second kappa shape index (κ2) is 8.95. The van der Waals surface area contributed by atoms with Gasteiger partial charge in [0.2, 0.25) is 0 Å². The van der Waals surface area contributed by atoms with Crippen LogP contribution in [0.4, 0.5) is 11.5 Å². The fraction of sp³-hybridized carbons (Fsp3) is 0.286. The number of aromatic amines is 1. The number of ketones is 1. The summed E-state index contributed by atoms with van der Waals surface area (Å²) in [5, 5.41) is 6.09. The van der Waals surface area contributed by atoms with Gasteiger partial charge in [0.1, 0.15) is 5.82 Å². The highest BCUT2D eigenvalue weighted by Crippen LogP contribution is 2.30. The Morgan fingerprint density at radius 1 is 0.941 bits per heavy atom. The van der Waals surface area contributed by atoms with Gasteiger partial charge in [0, 0.05) is 55.7 Å². The van der Waals surface area contributed by atoms with E-state index >= 15 is 0 Å². The van der Waals surface area contributed by atoms with Crippen molar-refractivity contribution in [3.05, 3.63) is 90.4 Å². The summed E-state index contributed by atoms with van der Waals surface area (Å²) < 4.78 is 0. The molecule has 172 valence electrons. The van der Waals surface area contributed by atoms with E-state index in [1.165, 1.54) is 16.3 Å². The predicted octanol–water partition coefficient (Wildman–Crippen LogP) is 4.36. The van der Waals surface area contributed by atoms with E-state index < -0.39 is 0 Å². The monoisotopic (exact) mass is 451 g/mol. The molecule has 1 fully saturated rings. The summed E-state index contributed by atoms with van der Waals surface area (Å²) in [6.07, 6.45) is 5.66. The lowest BCUT2D eigenvalue weighted by molar-refractivity contribution is 0.0766. The van der Waals surface area contributed by atoms with Crippen LogP contribution < -0.4 is 10.2 Å². The standard InChI is InChI=1S/C28H29N5O/c34-27(25-10-5-14-29-25)26(24-12-11-21-7-2-4-9-23(21)31-24)32-16-18-33(19-17-32)28-22-8-3-1-6-20(22)13-15-30-28/h1-10,13-15,24,26,29,31H,11-12,16-19H2. The third kappa shape index (κ3) is 3.84. The number of H-pyrrole nitrogens is 1. The topological polar surface area (TPSA) is 64.3 Å². The Morgan fingerprint density at radius 2 is 1.76 bits per heavy atom. The summed E-state index contributed by atoms with van der Waals surface area (Å²) in [7, 11) is 0. The number of fused-ring (bicyclic) bond motifs is 2. The van der Waals surface area contributed by atoms with Crippen LogP contribution in [0.2, 0.25) is 0 Å². The number of carbonyl (C=O) groups excluding carboxylic acids is 1. The summed E-state index contributed by atoms with van der Waals surface area (Å²) in [5.41, 5.74) is 3.17. The van der Waals surface area contributed by atoms with Gasteiger partial charge in [0.15, 0.2) is 5.78 Å². The normalized spacial score (nSPS) is 19.4. The number of rotatable bonds is 5. The zero-order chi connectivity index (χ0) is 22.9. The van der Waals surface area contributed by atoms with Gasteiger partial charge in [-0.05, 0) is 48.1 Å². The molecule has 0 saturated carbocycles. The van der Waals surface area contributed by atoms with E-state index in [2.05, 4.69) is 74.7 Å². The highest BCUT2D eigenvalue weighted by Gasteiger charge is 2.38. The average molecular weight is 452 g/mol. The molecule has 0 aliphatic carbocycles. The number of aromatic nitrogens is 2. The van der Waals surface area contributed by atoms with Crippen LogP contribution in [0.5, 0.6) is 0 Å². The van der Waals surface area contributed by atoms with Gasteiger partial charge >= 0.3 is 0 Å². The van der Waals surface area contributed by atoms with Crippen LogP contribution in [0.1, 0.15) is 22.5 Å². The lowest BCUT2D eigenvalue weighted by Gasteiger charge is -2.43. The lowest BCUT2D eigenvalue weighted by Crippen LogP contribution is -2.59. The quantitative estimate of drug-likeness (QED) is 0.442. The number of piperazine rings is 1. The van der Waals surface area contributed by atoms with E-state index in [0.29, 0.717) is 5.69 Å². The molecule has 1 saturated heterocycles. The van der Waals surface area contributed by atoms with Gasteiger partial charge in [-0.25, -0.2) is 4.98 Å². The van der Waals surface area contributed by atoms with Crippen molar-refractivity contribution in [3.63, 3.8) is 0 Å². The molecule has 2 unspecified atom stereocenters. The fourth-order valence-corrected chi connectivity index (χ4v) is 5.51. The summed E-state index contributed by atoms with van der Waals surface area (Å²) in [6.45, 7) is 3.33. The molecule has 0 spiro atoms. The number of nitrogens with zero attached hydrogens (tertiary/aromatic N) is 3. The molecule has 6 heteroatoms. The van der Waals surface area contributed by atoms with Gasteiger partial charge in [-0.3, -0.25) is 9.69 Å². The summed E-state index contributed by atoms with van der Waals surface area (Å²) >= 11 is 0. The molecule has 6 rings (SSSR count). The molecular weight excluding hydrogens is 422 g/mol. The number of aryl methyl sites for hydroxylation is 1. The second-order valence-electron chi connectivity index (χ2n) is 9.22. The number of hydrogen-bond donors (Lipinski definition) is 2. The minimum absolute atomic E-state index is 0.0768. The van der Waals surface area contributed by atoms with E-state index in [1.54, 1.807) is 0 Å². The molecule has 2 aliphatic heterocycles. The Balaban J connectivity index is 1.25. The zero-order valence-corrected chi connectivity index (χ0v) is 19.2. The van der Waals surface area contributed by atoms with Crippen molar-refractivity contribution in [2.24, 2.45) is 0 Å². The van der Waals surface area contributed by atoms with Crippen LogP contribution in [-0.2, 0) is 6.42 Å². The van der Waals surface area contributed by atoms with Crippen molar-refractivity contribution in [2.45, 2.75) is 24.9 Å². The Hall–Kier alpha value is -3.64. The molecule has 2 N–H and O–H groups in total. The molecule has 2 aliphatic rings. The maximum absolute atomic E-state index is 13.7. The van der Waals surface area contributed by atoms with Crippen LogP contribution >= 0.6 is 0 Å². The van der Waals surface area contributed by atoms with Crippen molar-refractivity contribution in [1.29, 1.82) is 0 Å². The summed E-state index contributed by atoms with van der Waals surface area (Å²) in [4.78, 5) is 26.3. The molecule has 0 amide bonds. The van der Waals surface area contributed by atoms with Crippen molar-refractivity contribution in [1.82, 2.24) is 14.9 Å². The first-order valence-electron chi connectivity index (χ1n) is 12.1. The first-order chi connectivity index (χ1) is 16.8. The SMILES string of the molecule is O=C(c1ccc[nH]1)C(C1CCc2ccccc2N1)N1CCN(c2nccc3ccccc23)CC1. The van der Waals surface area contributed by atoms with Crippen LogP contribution in [0, 0.1) is 0 Å². The molecule has 2 atom stereocenters. The van der Waals surface area contributed by atoms with E-state index in [0.717, 1.165) is 50.5 Å². The zero-order valence-electron chi connectivity index (χ0n) is 19.2. The molecule has 34 heavy (non-hydrogen) atoms. The van der Waals surface area contributed by atoms with Crippen molar-refractivity contribution in [3.8, 4) is 0 Å². The van der Waals surface area contributed by atoms with Crippen LogP contribution in [-0.4, -0.2) is 58.9 Å². The highest BCUT2D eigenvalue weighted by molar-refractivity contribution is 5.99. The summed E-state index contributed by atoms with van der Waals surface area (Å²) in [5.74, 6) is 1.20. The molecule has 2 aromatic heterocycles. The summed E-state index contributed by atoms with van der Waals surface area (Å²) in [6, 6.07) is 22.6. The smallest absolute Gasteiger partial charge is 0.198 e. The van der Waals surface area contributed by atoms with Crippen molar-refractivity contribution >= 4 is 28.1 Å². The van der Waals surface area contributed by atoms with E-state index in [-0.39, 0.29) is 17.9 Å². The number of carbonyl (C=O) groups is 1. The maximum Gasteiger partial charge on any atom is 0.198 e. The molecular formula is C28H29N5O. The number of hydrogen-bond acceptors (Lipinski definition) is 5. The van der Waals surface area contributed by atoms with Gasteiger partial charge in [0.05, 0.1) is 11.7 Å². The minimum Gasteiger partial charge on any atom is -0.380 e. The minimum atomic E-state index is -0.213. The number of nitrogens with one attached hydrogen (secondary N) is 2. The third-order valence-electron chi connectivity index (χ3n) is 7.26. The Kier molecular flexibility index (Phi) is 5.51. The van der Waals surface area contributed by atoms with Crippen LogP contribution in [0.15, 0.2) is 79.1 Å². The number of Topliss-reactive ketones (excluding diaryl/α,β-unsaturated/α-hetero) is 1. The predicted molar refractivity (Wildman–Crippen MR) is 137 cm³/mol. The Bertz CT molecular complexity index is 1290.